The molecule has 0 N–H and O–H groups in total. The van der Waals surface area contributed by atoms with E-state index in [2.05, 4.69) is 49.2 Å². The SMILES string of the molecule is C=C=C1C(=C=C)C(=C=C)C1=C=C. The Morgan fingerprint density at radius 3 is 0.750 bits per heavy atom. The molecule has 1 saturated carbocycles. The summed E-state index contributed by atoms with van der Waals surface area (Å²) in [7, 11) is 0. The molecule has 0 bridgehead atoms. The maximum Gasteiger partial charge on any atom is 0.0484 e. The van der Waals surface area contributed by atoms with Crippen LogP contribution in [0.4, 0.5) is 0 Å². The van der Waals surface area contributed by atoms with E-state index >= 15 is 0 Å². The van der Waals surface area contributed by atoms with Gasteiger partial charge in [0.1, 0.15) is 0 Å². The zero-order valence-electron chi connectivity index (χ0n) is 6.83. The van der Waals surface area contributed by atoms with Crippen molar-refractivity contribution in [1.82, 2.24) is 0 Å². The van der Waals surface area contributed by atoms with Crippen LogP contribution < -0.4 is 0 Å². The van der Waals surface area contributed by atoms with E-state index in [1.54, 1.807) is 0 Å². The fourth-order valence-corrected chi connectivity index (χ4v) is 1.14. The summed E-state index contributed by atoms with van der Waals surface area (Å²) in [5.74, 6) is 0. The largest absolute Gasteiger partial charge is 0.118 e. The van der Waals surface area contributed by atoms with Crippen LogP contribution in [0.3, 0.4) is 0 Å². The van der Waals surface area contributed by atoms with Gasteiger partial charge in [-0.1, -0.05) is 26.3 Å². The Bertz CT molecular complexity index is 328. The normalized spacial score (nSPS) is 14.0. The van der Waals surface area contributed by atoms with E-state index in [1.165, 1.54) is 0 Å². The third-order valence-corrected chi connectivity index (χ3v) is 1.71. The van der Waals surface area contributed by atoms with Crippen molar-refractivity contribution in [2.45, 2.75) is 0 Å². The first-order valence-electron chi connectivity index (χ1n) is 3.41. The van der Waals surface area contributed by atoms with Crippen molar-refractivity contribution in [3.63, 3.8) is 0 Å². The Morgan fingerprint density at radius 1 is 0.500 bits per heavy atom. The minimum atomic E-state index is 0.853. The van der Waals surface area contributed by atoms with Gasteiger partial charge in [-0.25, -0.2) is 0 Å². The van der Waals surface area contributed by atoms with Gasteiger partial charge in [0.05, 0.1) is 0 Å². The molecule has 0 heteroatoms. The molecule has 1 aliphatic carbocycles. The van der Waals surface area contributed by atoms with Crippen LogP contribution in [0, 0.1) is 0 Å². The Balaban J connectivity index is 3.52. The highest BCUT2D eigenvalue weighted by molar-refractivity contribution is 5.76. The van der Waals surface area contributed by atoms with Crippen LogP contribution in [0.1, 0.15) is 0 Å². The predicted octanol–water partition coefficient (Wildman–Crippen LogP) is 2.85. The molecule has 1 fully saturated rings. The van der Waals surface area contributed by atoms with Gasteiger partial charge in [0.15, 0.2) is 0 Å². The highest BCUT2D eigenvalue weighted by Crippen LogP contribution is 2.41. The van der Waals surface area contributed by atoms with Gasteiger partial charge < -0.3 is 0 Å². The van der Waals surface area contributed by atoms with Crippen LogP contribution in [-0.2, 0) is 0 Å². The molecule has 0 aromatic carbocycles. The number of allylic oxidation sites excluding steroid dienone is 4. The second kappa shape index (κ2) is 2.99. The molecular weight excluding hydrogens is 144 g/mol. The molecule has 56 valence electrons. The lowest BCUT2D eigenvalue weighted by Gasteiger charge is -2.22. The topological polar surface area (TPSA) is 0 Å². The fourth-order valence-electron chi connectivity index (χ4n) is 1.14. The Labute approximate surface area is 72.2 Å². The van der Waals surface area contributed by atoms with Crippen LogP contribution in [0.25, 0.3) is 0 Å². The maximum atomic E-state index is 3.55. The smallest absolute Gasteiger partial charge is 0.0484 e. The third kappa shape index (κ3) is 0.831. The molecule has 0 nitrogen and oxygen atoms in total. The lowest BCUT2D eigenvalue weighted by Crippen LogP contribution is -2.09. The van der Waals surface area contributed by atoms with Crippen molar-refractivity contribution in [1.29, 1.82) is 0 Å². The van der Waals surface area contributed by atoms with E-state index < -0.39 is 0 Å². The predicted molar refractivity (Wildman–Crippen MR) is 50.6 cm³/mol. The van der Waals surface area contributed by atoms with Crippen LogP contribution in [0.15, 0.2) is 71.5 Å². The van der Waals surface area contributed by atoms with Gasteiger partial charge in [-0.3, -0.25) is 0 Å². The molecule has 0 aliphatic heterocycles. The zero-order chi connectivity index (χ0) is 9.14. The van der Waals surface area contributed by atoms with Crippen LogP contribution in [0.5, 0.6) is 0 Å². The van der Waals surface area contributed by atoms with E-state index in [1.807, 2.05) is 0 Å². The lowest BCUT2D eigenvalue weighted by molar-refractivity contribution is 1.27. The molecule has 0 aromatic rings. The second-order valence-corrected chi connectivity index (χ2v) is 2.21. The highest BCUT2D eigenvalue weighted by atomic mass is 14.3. The lowest BCUT2D eigenvalue weighted by atomic mass is 9.77. The molecule has 0 aromatic heterocycles. The van der Waals surface area contributed by atoms with E-state index in [0.29, 0.717) is 0 Å². The molecule has 1 aliphatic rings. The maximum absolute atomic E-state index is 3.55. The van der Waals surface area contributed by atoms with Gasteiger partial charge >= 0.3 is 0 Å². The van der Waals surface area contributed by atoms with Crippen molar-refractivity contribution >= 4 is 0 Å². The molecule has 0 saturated heterocycles. The Kier molecular flexibility index (Phi) is 2.04. The van der Waals surface area contributed by atoms with Crippen LogP contribution in [0.2, 0.25) is 0 Å². The molecular formula is C12H8. The van der Waals surface area contributed by atoms with E-state index in [9.17, 15) is 0 Å². The quantitative estimate of drug-likeness (QED) is 0.468. The summed E-state index contributed by atoms with van der Waals surface area (Å²) in [5, 5.41) is 0. The molecule has 0 amide bonds. The molecule has 0 heterocycles. The summed E-state index contributed by atoms with van der Waals surface area (Å²) in [5.41, 5.74) is 14.5. The van der Waals surface area contributed by atoms with Gasteiger partial charge in [-0.05, 0) is 0 Å². The highest BCUT2D eigenvalue weighted by Gasteiger charge is 2.28. The average molecular weight is 152 g/mol. The summed E-state index contributed by atoms with van der Waals surface area (Å²) in [6.07, 6.45) is 0. The van der Waals surface area contributed by atoms with Gasteiger partial charge in [0, 0.05) is 22.3 Å². The molecule has 12 heavy (non-hydrogen) atoms. The fraction of sp³-hybridized carbons (Fsp3) is 0. The first-order valence-corrected chi connectivity index (χ1v) is 3.41. The molecule has 1 rings (SSSR count). The second-order valence-electron chi connectivity index (χ2n) is 2.21. The first kappa shape index (κ1) is 8.18. The van der Waals surface area contributed by atoms with Crippen molar-refractivity contribution in [3.05, 3.63) is 71.5 Å². The van der Waals surface area contributed by atoms with Crippen molar-refractivity contribution < 1.29 is 0 Å². The van der Waals surface area contributed by atoms with Crippen molar-refractivity contribution in [3.8, 4) is 0 Å². The monoisotopic (exact) mass is 152 g/mol. The van der Waals surface area contributed by atoms with E-state index in [4.69, 9.17) is 0 Å². The van der Waals surface area contributed by atoms with Crippen LogP contribution in [-0.4, -0.2) is 0 Å². The summed E-state index contributed by atoms with van der Waals surface area (Å²) in [6, 6.07) is 0. The standard InChI is InChI=1S/C12H8/c1-5-9-10(6-2)12(8-4)11(9)7-3/h1-4H2. The average Bonchev–Trinajstić information content (AvgIpc) is 2.05. The third-order valence-electron chi connectivity index (χ3n) is 1.71. The first-order chi connectivity index (χ1) is 5.79. The van der Waals surface area contributed by atoms with Gasteiger partial charge in [-0.15, -0.1) is 22.9 Å². The number of hydrogen-bond acceptors (Lipinski definition) is 0. The Morgan fingerprint density at radius 2 is 0.667 bits per heavy atom. The minimum Gasteiger partial charge on any atom is -0.118 e. The van der Waals surface area contributed by atoms with E-state index in [0.717, 1.165) is 22.3 Å². The summed E-state index contributed by atoms with van der Waals surface area (Å²) >= 11 is 0. The molecule has 0 atom stereocenters. The van der Waals surface area contributed by atoms with Gasteiger partial charge in [0.25, 0.3) is 0 Å². The Hall–Kier alpha value is -1.92. The van der Waals surface area contributed by atoms with Crippen molar-refractivity contribution in [2.24, 2.45) is 0 Å². The molecule has 0 radical (unpaired) electrons. The zero-order valence-corrected chi connectivity index (χ0v) is 6.83. The van der Waals surface area contributed by atoms with E-state index in [-0.39, 0.29) is 0 Å². The van der Waals surface area contributed by atoms with Crippen LogP contribution >= 0.6 is 0 Å². The molecule has 0 unspecified atom stereocenters. The van der Waals surface area contributed by atoms with Crippen molar-refractivity contribution in [2.75, 3.05) is 0 Å². The number of hydrogen-bond donors (Lipinski definition) is 0. The number of rotatable bonds is 0. The summed E-state index contributed by atoms with van der Waals surface area (Å²) < 4.78 is 0. The molecule has 0 spiro atoms. The summed E-state index contributed by atoms with van der Waals surface area (Å²) in [6.45, 7) is 14.2. The van der Waals surface area contributed by atoms with Gasteiger partial charge in [0.2, 0.25) is 0 Å². The minimum absolute atomic E-state index is 0.853. The van der Waals surface area contributed by atoms with Gasteiger partial charge in [-0.2, -0.15) is 0 Å². The summed E-state index contributed by atoms with van der Waals surface area (Å²) in [4.78, 5) is 0.